The smallest absolute Gasteiger partial charge is 0.0000977 e. The van der Waals surface area contributed by atoms with Crippen molar-refractivity contribution in [2.24, 2.45) is 0 Å². The lowest BCUT2D eigenvalue weighted by Gasteiger charge is -2.34. The Morgan fingerprint density at radius 1 is 0.242 bits per heavy atom. The standard InChI is InChI=1S/C66H76/c1-35-24-39(5)54(40(6)25-35)58-48-23-22-47(64(13,14)15)32-49(48)59(55-41(7)26-36(2)27-42(55)8)63-61(57-45(11)30-38(4)31-46(57)12)51-34-53(66(19,20)21)52(65(16,17)18)33-50(51)60(62(58)63)56-43(9)28-37(3)29-44(56)10/h22-34H,1-21H3. The average Bonchev–Trinajstić information content (AvgIpc) is 3.15. The molecule has 0 fully saturated rings. The molecular weight excluding hydrogens is 793 g/mol. The van der Waals surface area contributed by atoms with Crippen LogP contribution in [0.3, 0.4) is 0 Å². The van der Waals surface area contributed by atoms with E-state index in [2.05, 4.69) is 224 Å². The first-order chi connectivity index (χ1) is 30.6. The van der Waals surface area contributed by atoms with Crippen LogP contribution in [0.2, 0.25) is 0 Å². The van der Waals surface area contributed by atoms with Gasteiger partial charge in [0.1, 0.15) is 0 Å². The Morgan fingerprint density at radius 2 is 0.485 bits per heavy atom. The van der Waals surface area contributed by atoms with E-state index in [1.54, 1.807) is 0 Å². The number of aryl methyl sites for hydroxylation is 12. The van der Waals surface area contributed by atoms with Gasteiger partial charge >= 0.3 is 0 Å². The van der Waals surface area contributed by atoms with Gasteiger partial charge in [-0.2, -0.15) is 0 Å². The molecule has 0 unspecified atom stereocenters. The minimum absolute atomic E-state index is 0.0593. The third-order valence-corrected chi connectivity index (χ3v) is 14.7. The van der Waals surface area contributed by atoms with E-state index in [1.165, 1.54) is 160 Å². The largest absolute Gasteiger partial charge is 0.0578 e. The van der Waals surface area contributed by atoms with E-state index in [0.29, 0.717) is 0 Å². The van der Waals surface area contributed by atoms with Crippen molar-refractivity contribution in [1.29, 1.82) is 0 Å². The summed E-state index contributed by atoms with van der Waals surface area (Å²) in [6, 6.07) is 32.2. The van der Waals surface area contributed by atoms with Crippen LogP contribution in [0, 0.1) is 83.1 Å². The second-order valence-electron chi connectivity index (χ2n) is 23.8. The van der Waals surface area contributed by atoms with Crippen molar-refractivity contribution < 1.29 is 0 Å². The molecule has 0 atom stereocenters. The zero-order chi connectivity index (χ0) is 48.4. The quantitative estimate of drug-likeness (QED) is 0.155. The maximum Gasteiger partial charge on any atom is -0.0000977 e. The summed E-state index contributed by atoms with van der Waals surface area (Å²) in [7, 11) is 0. The molecule has 0 aliphatic heterocycles. The molecule has 0 N–H and O–H groups in total. The molecule has 0 aliphatic carbocycles. The zero-order valence-corrected chi connectivity index (χ0v) is 44.5. The molecule has 0 heteroatoms. The third-order valence-electron chi connectivity index (χ3n) is 14.7. The molecule has 0 bridgehead atoms. The lowest BCUT2D eigenvalue weighted by atomic mass is 9.70. The van der Waals surface area contributed by atoms with Crippen LogP contribution in [0.1, 0.15) is 146 Å². The monoisotopic (exact) mass is 869 g/mol. The van der Waals surface area contributed by atoms with Gasteiger partial charge in [-0.1, -0.05) is 145 Å². The number of rotatable bonds is 4. The molecule has 0 spiro atoms. The molecule has 8 aromatic carbocycles. The molecular formula is C66H76. The highest BCUT2D eigenvalue weighted by Crippen LogP contribution is 2.58. The van der Waals surface area contributed by atoms with Crippen LogP contribution < -0.4 is 0 Å². The SMILES string of the molecule is Cc1cc(C)c(-c2c3ccc(C(C)(C)C)cc3c(-c3c(C)cc(C)cc3C)c3c(-c4c(C)cc(C)cc4C)c4cc(C(C)(C)C)c(C(C)(C)C)cc4c(-c4c(C)cc(C)cc4C)c23)c(C)c1. The fourth-order valence-corrected chi connectivity index (χ4v) is 12.3. The van der Waals surface area contributed by atoms with Gasteiger partial charge in [0, 0.05) is 0 Å². The van der Waals surface area contributed by atoms with Crippen LogP contribution in [0.4, 0.5) is 0 Å². The van der Waals surface area contributed by atoms with Gasteiger partial charge < -0.3 is 0 Å². The van der Waals surface area contributed by atoms with E-state index in [1.807, 2.05) is 0 Å². The van der Waals surface area contributed by atoms with Crippen molar-refractivity contribution >= 4 is 32.3 Å². The highest BCUT2D eigenvalue weighted by molar-refractivity contribution is 6.35. The fraction of sp³-hybridized carbons (Fsp3) is 0.364. The van der Waals surface area contributed by atoms with Gasteiger partial charge in [-0.3, -0.25) is 0 Å². The molecule has 0 heterocycles. The Hall–Kier alpha value is -5.46. The van der Waals surface area contributed by atoms with E-state index in [4.69, 9.17) is 0 Å². The summed E-state index contributed by atoms with van der Waals surface area (Å²) in [5, 5.41) is 8.03. The molecule has 0 aromatic heterocycles. The van der Waals surface area contributed by atoms with E-state index in [9.17, 15) is 0 Å². The first kappa shape index (κ1) is 47.0. The van der Waals surface area contributed by atoms with E-state index in [0.717, 1.165) is 0 Å². The molecule has 0 saturated heterocycles. The maximum absolute atomic E-state index is 2.66. The Kier molecular flexibility index (Phi) is 11.5. The topological polar surface area (TPSA) is 0 Å². The molecule has 0 saturated carbocycles. The second-order valence-corrected chi connectivity index (χ2v) is 23.8. The third kappa shape index (κ3) is 7.81. The number of benzene rings is 8. The maximum atomic E-state index is 2.66. The molecule has 0 radical (unpaired) electrons. The van der Waals surface area contributed by atoms with Crippen molar-refractivity contribution in [3.8, 4) is 44.5 Å². The first-order valence-electron chi connectivity index (χ1n) is 24.5. The van der Waals surface area contributed by atoms with Crippen LogP contribution in [0.5, 0.6) is 0 Å². The highest BCUT2D eigenvalue weighted by Gasteiger charge is 2.33. The zero-order valence-electron chi connectivity index (χ0n) is 44.5. The minimum atomic E-state index is -0.102. The van der Waals surface area contributed by atoms with Crippen LogP contribution in [-0.2, 0) is 16.2 Å². The van der Waals surface area contributed by atoms with Crippen LogP contribution >= 0.6 is 0 Å². The molecule has 0 nitrogen and oxygen atoms in total. The predicted octanol–water partition coefficient (Wildman–Crippen LogP) is 19.4. The molecule has 66 heavy (non-hydrogen) atoms. The summed E-state index contributed by atoms with van der Waals surface area (Å²) in [5.74, 6) is 0. The minimum Gasteiger partial charge on any atom is -0.0578 e. The summed E-state index contributed by atoms with van der Waals surface area (Å²) < 4.78 is 0. The average molecular weight is 869 g/mol. The molecule has 8 rings (SSSR count). The Labute approximate surface area is 398 Å². The van der Waals surface area contributed by atoms with Gasteiger partial charge in [-0.05, 0) is 256 Å². The molecule has 340 valence electrons. The van der Waals surface area contributed by atoms with Crippen molar-refractivity contribution in [1.82, 2.24) is 0 Å². The van der Waals surface area contributed by atoms with Crippen molar-refractivity contribution in [2.45, 2.75) is 162 Å². The van der Waals surface area contributed by atoms with Gasteiger partial charge in [-0.15, -0.1) is 0 Å². The van der Waals surface area contributed by atoms with E-state index in [-0.39, 0.29) is 16.2 Å². The van der Waals surface area contributed by atoms with E-state index >= 15 is 0 Å². The summed E-state index contributed by atoms with van der Waals surface area (Å²) in [4.78, 5) is 0. The molecule has 0 amide bonds. The normalized spacial score (nSPS) is 12.6. The lowest BCUT2D eigenvalue weighted by Crippen LogP contribution is -2.22. The molecule has 0 aliphatic rings. The number of hydrogen-bond acceptors (Lipinski definition) is 0. The van der Waals surface area contributed by atoms with Crippen molar-refractivity contribution in [2.75, 3.05) is 0 Å². The summed E-state index contributed by atoms with van der Waals surface area (Å²) in [5.41, 5.74) is 30.4. The molecule has 8 aromatic rings. The lowest BCUT2D eigenvalue weighted by molar-refractivity contribution is 0.531. The Balaban J connectivity index is 1.94. The highest BCUT2D eigenvalue weighted by atomic mass is 14.4. The van der Waals surface area contributed by atoms with Gasteiger partial charge in [0.15, 0.2) is 0 Å². The Bertz CT molecular complexity index is 3240. The van der Waals surface area contributed by atoms with Gasteiger partial charge in [0.05, 0.1) is 0 Å². The Morgan fingerprint density at radius 3 is 0.727 bits per heavy atom. The second kappa shape index (κ2) is 16.1. The van der Waals surface area contributed by atoms with Crippen molar-refractivity contribution in [3.63, 3.8) is 0 Å². The van der Waals surface area contributed by atoms with Crippen LogP contribution in [-0.4, -0.2) is 0 Å². The van der Waals surface area contributed by atoms with Gasteiger partial charge in [-0.25, -0.2) is 0 Å². The summed E-state index contributed by atoms with van der Waals surface area (Å²) in [6.07, 6.45) is 0. The number of fused-ring (bicyclic) bond motifs is 3. The van der Waals surface area contributed by atoms with Crippen molar-refractivity contribution in [3.05, 3.63) is 162 Å². The summed E-state index contributed by atoms with van der Waals surface area (Å²) >= 11 is 0. The predicted molar refractivity (Wildman–Crippen MR) is 294 cm³/mol. The van der Waals surface area contributed by atoms with Gasteiger partial charge in [0.25, 0.3) is 0 Å². The van der Waals surface area contributed by atoms with Crippen LogP contribution in [0.15, 0.2) is 78.9 Å². The van der Waals surface area contributed by atoms with Gasteiger partial charge in [0.2, 0.25) is 0 Å². The fourth-order valence-electron chi connectivity index (χ4n) is 12.3. The number of hydrogen-bond donors (Lipinski definition) is 0. The van der Waals surface area contributed by atoms with Crippen LogP contribution in [0.25, 0.3) is 76.8 Å². The van der Waals surface area contributed by atoms with E-state index < -0.39 is 0 Å². The summed E-state index contributed by atoms with van der Waals surface area (Å²) in [6.45, 7) is 49.4. The first-order valence-corrected chi connectivity index (χ1v) is 24.5.